The molecule has 4 rings (SSSR count). The Balaban J connectivity index is 1.94. The van der Waals surface area contributed by atoms with E-state index in [1.54, 1.807) is 12.1 Å². The van der Waals surface area contributed by atoms with Gasteiger partial charge in [-0.15, -0.1) is 0 Å². The predicted octanol–water partition coefficient (Wildman–Crippen LogP) is 2.19. The molecule has 27 heavy (non-hydrogen) atoms. The highest BCUT2D eigenvalue weighted by Gasteiger charge is 2.32. The number of piperidine rings is 1. The number of aromatic nitrogens is 1. The Morgan fingerprint density at radius 2 is 1.93 bits per heavy atom. The summed E-state index contributed by atoms with van der Waals surface area (Å²) < 4.78 is 1.26. The highest BCUT2D eigenvalue weighted by Crippen LogP contribution is 2.33. The number of imide groups is 1. The van der Waals surface area contributed by atoms with Crippen LogP contribution in [0.5, 0.6) is 0 Å². The molecular weight excluding hydrogens is 368 g/mol. The third kappa shape index (κ3) is 2.88. The van der Waals surface area contributed by atoms with Crippen LogP contribution in [0, 0.1) is 5.92 Å². The number of carbonyl (C=O) groups excluding carboxylic acids is 2. The van der Waals surface area contributed by atoms with Crippen molar-refractivity contribution in [1.29, 1.82) is 0 Å². The van der Waals surface area contributed by atoms with Crippen molar-refractivity contribution in [2.24, 2.45) is 5.92 Å². The number of amides is 2. The predicted molar refractivity (Wildman–Crippen MR) is 104 cm³/mol. The number of carbonyl (C=O) groups is 2. The minimum absolute atomic E-state index is 0.00826. The van der Waals surface area contributed by atoms with E-state index in [4.69, 9.17) is 17.3 Å². The van der Waals surface area contributed by atoms with Crippen LogP contribution in [0.15, 0.2) is 29.1 Å². The summed E-state index contributed by atoms with van der Waals surface area (Å²) in [6.07, 6.45) is 2.21. The average molecular weight is 387 g/mol. The normalized spacial score (nSPS) is 19.2. The fraction of sp³-hybridized carbons (Fsp3) is 0.316. The Bertz CT molecular complexity index is 1030. The van der Waals surface area contributed by atoms with E-state index in [9.17, 15) is 14.4 Å². The van der Waals surface area contributed by atoms with Crippen LogP contribution in [0.2, 0.25) is 5.02 Å². The largest absolute Gasteiger partial charge is 0.384 e. The molecule has 3 N–H and O–H groups in total. The molecule has 0 saturated carbocycles. The minimum Gasteiger partial charge on any atom is -0.384 e. The molecule has 1 aromatic heterocycles. The van der Waals surface area contributed by atoms with Crippen LogP contribution in [0.25, 0.3) is 5.69 Å². The maximum Gasteiger partial charge on any atom is 0.262 e. The van der Waals surface area contributed by atoms with Gasteiger partial charge >= 0.3 is 0 Å². The third-order valence-electron chi connectivity index (χ3n) is 5.13. The molecule has 2 amide bonds. The second-order valence-electron chi connectivity index (χ2n) is 7.10. The second kappa shape index (κ2) is 6.42. The number of rotatable bonds is 2. The van der Waals surface area contributed by atoms with Gasteiger partial charge in [0.25, 0.3) is 17.4 Å². The van der Waals surface area contributed by atoms with Crippen molar-refractivity contribution in [2.75, 3.05) is 23.7 Å². The first-order valence-electron chi connectivity index (χ1n) is 8.83. The number of pyridine rings is 1. The van der Waals surface area contributed by atoms with Crippen LogP contribution in [-0.2, 0) is 0 Å². The zero-order chi connectivity index (χ0) is 19.3. The number of hydrogen-bond donors (Lipinski definition) is 2. The second-order valence-corrected chi connectivity index (χ2v) is 7.54. The van der Waals surface area contributed by atoms with E-state index >= 15 is 0 Å². The van der Waals surface area contributed by atoms with Gasteiger partial charge in [0, 0.05) is 24.2 Å². The Morgan fingerprint density at radius 3 is 2.67 bits per heavy atom. The Kier molecular flexibility index (Phi) is 4.19. The summed E-state index contributed by atoms with van der Waals surface area (Å²) in [5, 5.41) is 2.63. The van der Waals surface area contributed by atoms with Crippen LogP contribution in [0.4, 0.5) is 11.5 Å². The molecule has 2 aliphatic rings. The van der Waals surface area contributed by atoms with Gasteiger partial charge in [0.15, 0.2) is 0 Å². The van der Waals surface area contributed by atoms with Gasteiger partial charge in [-0.25, -0.2) is 0 Å². The van der Waals surface area contributed by atoms with Gasteiger partial charge in [0.05, 0.1) is 22.5 Å². The third-order valence-corrected chi connectivity index (χ3v) is 5.36. The Labute approximate surface area is 160 Å². The summed E-state index contributed by atoms with van der Waals surface area (Å²) in [6.45, 7) is 3.90. The molecule has 1 unspecified atom stereocenters. The summed E-state index contributed by atoms with van der Waals surface area (Å²) in [7, 11) is 0. The first-order chi connectivity index (χ1) is 12.9. The molecule has 1 saturated heterocycles. The number of nitrogens with zero attached hydrogens (tertiary/aromatic N) is 2. The number of anilines is 2. The van der Waals surface area contributed by atoms with Gasteiger partial charge in [0.1, 0.15) is 5.82 Å². The lowest BCUT2D eigenvalue weighted by Gasteiger charge is -2.34. The summed E-state index contributed by atoms with van der Waals surface area (Å²) in [4.78, 5) is 39.0. The number of nitrogens with one attached hydrogen (secondary N) is 1. The highest BCUT2D eigenvalue weighted by molar-refractivity contribution is 6.31. The van der Waals surface area contributed by atoms with E-state index in [0.29, 0.717) is 16.6 Å². The van der Waals surface area contributed by atoms with Crippen molar-refractivity contribution in [3.63, 3.8) is 0 Å². The summed E-state index contributed by atoms with van der Waals surface area (Å²) >= 11 is 6.20. The number of nitrogen functional groups attached to an aromatic ring is 1. The number of hydrogen-bond acceptors (Lipinski definition) is 5. The SMILES string of the molecule is CC1CCCN(c2ccc(Cl)cc2-n2c(N)c3c(cc2=O)C(=O)NC3=O)C1. The van der Waals surface area contributed by atoms with Gasteiger partial charge in [0.2, 0.25) is 0 Å². The van der Waals surface area contributed by atoms with Gasteiger partial charge in [-0.3, -0.25) is 24.3 Å². The van der Waals surface area contributed by atoms with Gasteiger partial charge in [-0.2, -0.15) is 0 Å². The van der Waals surface area contributed by atoms with Crippen LogP contribution >= 0.6 is 11.6 Å². The van der Waals surface area contributed by atoms with Crippen LogP contribution < -0.4 is 21.5 Å². The molecule has 0 bridgehead atoms. The molecule has 1 atom stereocenters. The summed E-state index contributed by atoms with van der Waals surface area (Å²) in [5.41, 5.74) is 7.07. The topological polar surface area (TPSA) is 97.4 Å². The van der Waals surface area contributed by atoms with E-state index in [2.05, 4.69) is 17.1 Å². The van der Waals surface area contributed by atoms with E-state index in [1.807, 2.05) is 6.07 Å². The minimum atomic E-state index is -0.609. The first kappa shape index (κ1) is 17.6. The maximum atomic E-state index is 12.8. The number of halogens is 1. The summed E-state index contributed by atoms with van der Waals surface area (Å²) in [5.74, 6) is -0.743. The van der Waals surface area contributed by atoms with Crippen molar-refractivity contribution in [3.05, 3.63) is 50.8 Å². The van der Waals surface area contributed by atoms with Crippen molar-refractivity contribution in [1.82, 2.24) is 9.88 Å². The molecule has 3 heterocycles. The van der Waals surface area contributed by atoms with Gasteiger partial charge in [-0.1, -0.05) is 18.5 Å². The molecule has 140 valence electrons. The molecular formula is C19H19ClN4O3. The first-order valence-corrected chi connectivity index (χ1v) is 9.20. The molecule has 1 aromatic carbocycles. The van der Waals surface area contributed by atoms with Crippen molar-refractivity contribution < 1.29 is 9.59 Å². The summed E-state index contributed by atoms with van der Waals surface area (Å²) in [6, 6.07) is 6.44. The maximum absolute atomic E-state index is 12.8. The molecule has 7 nitrogen and oxygen atoms in total. The lowest BCUT2D eigenvalue weighted by Crippen LogP contribution is -2.35. The van der Waals surface area contributed by atoms with Crippen LogP contribution in [-0.4, -0.2) is 29.5 Å². The van der Waals surface area contributed by atoms with Gasteiger partial charge in [-0.05, 0) is 37.0 Å². The highest BCUT2D eigenvalue weighted by atomic mass is 35.5. The number of fused-ring (bicyclic) bond motifs is 1. The molecule has 2 aromatic rings. The van der Waals surface area contributed by atoms with E-state index < -0.39 is 17.4 Å². The van der Waals surface area contributed by atoms with Crippen LogP contribution in [0.1, 0.15) is 40.5 Å². The quantitative estimate of drug-likeness (QED) is 0.771. The fourth-order valence-electron chi connectivity index (χ4n) is 3.88. The molecule has 0 radical (unpaired) electrons. The molecule has 0 aliphatic carbocycles. The molecule has 0 spiro atoms. The monoisotopic (exact) mass is 386 g/mol. The Morgan fingerprint density at radius 1 is 1.15 bits per heavy atom. The average Bonchev–Trinajstić information content (AvgIpc) is 2.89. The van der Waals surface area contributed by atoms with Gasteiger partial charge < -0.3 is 10.6 Å². The van der Waals surface area contributed by atoms with E-state index in [0.717, 1.165) is 37.7 Å². The zero-order valence-corrected chi connectivity index (χ0v) is 15.5. The molecule has 8 heteroatoms. The van der Waals surface area contributed by atoms with Crippen molar-refractivity contribution in [2.45, 2.75) is 19.8 Å². The smallest absolute Gasteiger partial charge is 0.262 e. The number of nitrogens with two attached hydrogens (primary N) is 1. The lowest BCUT2D eigenvalue weighted by atomic mass is 9.99. The lowest BCUT2D eigenvalue weighted by molar-refractivity contribution is 0.0880. The zero-order valence-electron chi connectivity index (χ0n) is 14.8. The fourth-order valence-corrected chi connectivity index (χ4v) is 4.05. The standard InChI is InChI=1S/C19H19ClN4O3/c1-10-3-2-6-23(9-10)13-5-4-11(20)7-14(13)24-15(25)8-12-16(17(24)21)19(27)22-18(12)26/h4-5,7-8,10H,2-3,6,9,21H2,1H3,(H,22,26,27). The van der Waals surface area contributed by atoms with E-state index in [1.165, 1.54) is 4.57 Å². The van der Waals surface area contributed by atoms with Crippen molar-refractivity contribution >= 4 is 34.9 Å². The van der Waals surface area contributed by atoms with Crippen molar-refractivity contribution in [3.8, 4) is 5.69 Å². The Hall–Kier alpha value is -2.80. The van der Waals surface area contributed by atoms with Crippen LogP contribution in [0.3, 0.4) is 0 Å². The number of benzene rings is 1. The van der Waals surface area contributed by atoms with E-state index in [-0.39, 0.29) is 16.9 Å². The molecule has 2 aliphatic heterocycles. The molecule has 1 fully saturated rings.